The van der Waals surface area contributed by atoms with Gasteiger partial charge in [0, 0.05) is 6.20 Å². The third-order valence-electron chi connectivity index (χ3n) is 2.34. The molecule has 1 unspecified atom stereocenters. The highest BCUT2D eigenvalue weighted by Gasteiger charge is 2.25. The Morgan fingerprint density at radius 2 is 2.05 bits per heavy atom. The van der Waals surface area contributed by atoms with Gasteiger partial charge in [0.05, 0.1) is 21.7 Å². The summed E-state index contributed by atoms with van der Waals surface area (Å²) in [6.07, 6.45) is 3.45. The monoisotopic (exact) mass is 292 g/mol. The number of pyridine rings is 1. The molecule has 0 amide bonds. The van der Waals surface area contributed by atoms with Gasteiger partial charge in [0.2, 0.25) is 0 Å². The largest absolute Gasteiger partial charge is 0.591 e. The highest BCUT2D eigenvalue weighted by Crippen LogP contribution is 2.25. The summed E-state index contributed by atoms with van der Waals surface area (Å²) in [7, 11) is 0. The molecule has 0 saturated heterocycles. The number of aromatic nitrogens is 1. The fourth-order valence-corrected chi connectivity index (χ4v) is 2.78. The van der Waals surface area contributed by atoms with Crippen LogP contribution in [0.25, 0.3) is 10.6 Å². The standard InChI is InChI=1S/C14H16N2OS2/c1-14(2,3)19(17)16-10-11-7-8-13(18-11)12-6-4-5-9-15-12/h4-10H,1-3H3. The Balaban J connectivity index is 2.12. The second-order valence-electron chi connectivity index (χ2n) is 5.01. The van der Waals surface area contributed by atoms with E-state index in [9.17, 15) is 4.55 Å². The highest BCUT2D eigenvalue weighted by atomic mass is 32.2. The van der Waals surface area contributed by atoms with Crippen LogP contribution in [0.5, 0.6) is 0 Å². The number of rotatable bonds is 3. The van der Waals surface area contributed by atoms with Crippen LogP contribution >= 0.6 is 11.3 Å². The van der Waals surface area contributed by atoms with Gasteiger partial charge in [-0.15, -0.1) is 11.3 Å². The van der Waals surface area contributed by atoms with E-state index in [-0.39, 0.29) is 4.75 Å². The van der Waals surface area contributed by atoms with Crippen LogP contribution < -0.4 is 0 Å². The molecule has 2 heterocycles. The molecule has 0 aliphatic rings. The first-order chi connectivity index (χ1) is 8.97. The zero-order valence-corrected chi connectivity index (χ0v) is 12.8. The summed E-state index contributed by atoms with van der Waals surface area (Å²) in [5.74, 6) is 0. The maximum Gasteiger partial charge on any atom is 0.144 e. The van der Waals surface area contributed by atoms with Crippen molar-refractivity contribution in [2.45, 2.75) is 25.5 Å². The Morgan fingerprint density at radius 3 is 2.68 bits per heavy atom. The Kier molecular flexibility index (Phi) is 4.39. The number of thiophene rings is 1. The molecule has 3 nitrogen and oxygen atoms in total. The lowest BCUT2D eigenvalue weighted by molar-refractivity contribution is 0.562. The molecule has 0 spiro atoms. The van der Waals surface area contributed by atoms with E-state index in [1.165, 1.54) is 0 Å². The first-order valence-corrected chi connectivity index (χ1v) is 7.86. The topological polar surface area (TPSA) is 48.3 Å². The molecule has 0 aliphatic carbocycles. The van der Waals surface area contributed by atoms with E-state index in [0.717, 1.165) is 15.4 Å². The minimum absolute atomic E-state index is 0.322. The van der Waals surface area contributed by atoms with Crippen LogP contribution in [0.3, 0.4) is 0 Å². The van der Waals surface area contributed by atoms with Crippen molar-refractivity contribution in [1.29, 1.82) is 0 Å². The summed E-state index contributed by atoms with van der Waals surface area (Å²) in [4.78, 5) is 6.37. The van der Waals surface area contributed by atoms with Crippen molar-refractivity contribution in [3.05, 3.63) is 41.4 Å². The molecule has 5 heteroatoms. The smallest absolute Gasteiger partial charge is 0.144 e. The van der Waals surface area contributed by atoms with Gasteiger partial charge < -0.3 is 4.55 Å². The van der Waals surface area contributed by atoms with E-state index in [1.807, 2.05) is 51.1 Å². The van der Waals surface area contributed by atoms with Crippen LogP contribution in [0.4, 0.5) is 0 Å². The quantitative estimate of drug-likeness (QED) is 0.640. The lowest BCUT2D eigenvalue weighted by Gasteiger charge is -2.17. The van der Waals surface area contributed by atoms with Crippen molar-refractivity contribution in [3.63, 3.8) is 0 Å². The third-order valence-corrected chi connectivity index (χ3v) is 4.73. The van der Waals surface area contributed by atoms with E-state index in [1.54, 1.807) is 23.7 Å². The molecule has 2 aromatic heterocycles. The van der Waals surface area contributed by atoms with Crippen LogP contribution in [0.2, 0.25) is 0 Å². The molecular formula is C14H16N2OS2. The van der Waals surface area contributed by atoms with Gasteiger partial charge >= 0.3 is 0 Å². The normalized spacial score (nSPS) is 13.9. The molecule has 0 bridgehead atoms. The average molecular weight is 292 g/mol. The molecular weight excluding hydrogens is 276 g/mol. The lowest BCUT2D eigenvalue weighted by Crippen LogP contribution is -2.25. The zero-order valence-electron chi connectivity index (χ0n) is 11.2. The SMILES string of the molecule is CC(C)(C)[S+]([O-])N=Cc1ccc(-c2ccccn2)s1. The second-order valence-corrected chi connectivity index (χ2v) is 8.06. The molecule has 0 radical (unpaired) electrons. The molecule has 0 saturated carbocycles. The third kappa shape index (κ3) is 3.89. The number of hydrogen-bond acceptors (Lipinski definition) is 4. The highest BCUT2D eigenvalue weighted by molar-refractivity contribution is 7.91. The van der Waals surface area contributed by atoms with Crippen molar-refractivity contribution < 1.29 is 4.55 Å². The van der Waals surface area contributed by atoms with E-state index in [2.05, 4.69) is 9.38 Å². The predicted octanol–water partition coefficient (Wildman–Crippen LogP) is 3.69. The lowest BCUT2D eigenvalue weighted by atomic mass is 10.3. The minimum Gasteiger partial charge on any atom is -0.591 e. The van der Waals surface area contributed by atoms with Gasteiger partial charge in [0.1, 0.15) is 16.1 Å². The molecule has 0 N–H and O–H groups in total. The van der Waals surface area contributed by atoms with Crippen LogP contribution in [-0.2, 0) is 11.4 Å². The fourth-order valence-electron chi connectivity index (χ4n) is 1.33. The van der Waals surface area contributed by atoms with Crippen molar-refractivity contribution in [2.75, 3.05) is 0 Å². The maximum absolute atomic E-state index is 11.8. The summed E-state index contributed by atoms with van der Waals surface area (Å²) in [6.45, 7) is 5.73. The predicted molar refractivity (Wildman–Crippen MR) is 83.0 cm³/mol. The molecule has 0 fully saturated rings. The maximum atomic E-state index is 11.8. The minimum atomic E-state index is -1.21. The number of nitrogens with zero attached hydrogens (tertiary/aromatic N) is 2. The van der Waals surface area contributed by atoms with Gasteiger partial charge in [-0.1, -0.05) is 10.5 Å². The number of hydrogen-bond donors (Lipinski definition) is 0. The molecule has 0 aliphatic heterocycles. The van der Waals surface area contributed by atoms with Crippen molar-refractivity contribution in [2.24, 2.45) is 4.40 Å². The van der Waals surface area contributed by atoms with Crippen LogP contribution in [0, 0.1) is 0 Å². The molecule has 19 heavy (non-hydrogen) atoms. The molecule has 2 aromatic rings. The van der Waals surface area contributed by atoms with Gasteiger partial charge in [-0.05, 0) is 45.0 Å². The van der Waals surface area contributed by atoms with E-state index in [4.69, 9.17) is 0 Å². The van der Waals surface area contributed by atoms with Crippen molar-refractivity contribution >= 4 is 28.9 Å². The van der Waals surface area contributed by atoms with Gasteiger partial charge in [-0.3, -0.25) is 4.98 Å². The average Bonchev–Trinajstić information content (AvgIpc) is 2.84. The van der Waals surface area contributed by atoms with Gasteiger partial charge in [-0.25, -0.2) is 0 Å². The van der Waals surface area contributed by atoms with E-state index < -0.39 is 11.4 Å². The Labute approximate surface area is 120 Å². The van der Waals surface area contributed by atoms with Crippen LogP contribution in [0.1, 0.15) is 25.6 Å². The Hall–Kier alpha value is -1.17. The van der Waals surface area contributed by atoms with E-state index in [0.29, 0.717) is 0 Å². The Bertz CT molecular complexity index is 558. The second kappa shape index (κ2) is 5.86. The Morgan fingerprint density at radius 1 is 1.26 bits per heavy atom. The first kappa shape index (κ1) is 14.2. The molecule has 0 aromatic carbocycles. The van der Waals surface area contributed by atoms with Gasteiger partial charge in [0.15, 0.2) is 0 Å². The summed E-state index contributed by atoms with van der Waals surface area (Å²) in [5, 5.41) is 0. The van der Waals surface area contributed by atoms with Crippen molar-refractivity contribution in [3.8, 4) is 10.6 Å². The zero-order chi connectivity index (χ0) is 13.9. The molecule has 100 valence electrons. The van der Waals surface area contributed by atoms with Gasteiger partial charge in [0.25, 0.3) is 0 Å². The van der Waals surface area contributed by atoms with E-state index >= 15 is 0 Å². The summed E-state index contributed by atoms with van der Waals surface area (Å²) < 4.78 is 15.6. The molecule has 2 rings (SSSR count). The van der Waals surface area contributed by atoms with Crippen LogP contribution in [0.15, 0.2) is 40.9 Å². The summed E-state index contributed by atoms with van der Waals surface area (Å²) >= 11 is 0.380. The summed E-state index contributed by atoms with van der Waals surface area (Å²) in [6, 6.07) is 9.81. The van der Waals surface area contributed by atoms with Crippen molar-refractivity contribution in [1.82, 2.24) is 4.98 Å². The summed E-state index contributed by atoms with van der Waals surface area (Å²) in [5.41, 5.74) is 0.948. The van der Waals surface area contributed by atoms with Gasteiger partial charge in [-0.2, -0.15) is 0 Å². The van der Waals surface area contributed by atoms with Crippen LogP contribution in [-0.4, -0.2) is 20.5 Å². The first-order valence-electron chi connectivity index (χ1n) is 5.94. The fraction of sp³-hybridized carbons (Fsp3) is 0.286. The molecule has 1 atom stereocenters.